The molecule has 3 rings (SSSR count). The molecule has 2 N–H and O–H groups in total. The van der Waals surface area contributed by atoms with E-state index in [1.165, 1.54) is 30.3 Å². The van der Waals surface area contributed by atoms with Crippen LogP contribution in [0.4, 0.5) is 4.39 Å². The number of hydrogen-bond acceptors (Lipinski definition) is 4. The molecule has 7 heteroatoms. The number of ether oxygens (including phenoxy) is 1. The fourth-order valence-electron chi connectivity index (χ4n) is 3.23. The number of halogens is 1. The van der Waals surface area contributed by atoms with Gasteiger partial charge >= 0.3 is 5.97 Å². The van der Waals surface area contributed by atoms with E-state index in [1.807, 2.05) is 6.92 Å². The molecule has 0 radical (unpaired) electrons. The standard InChI is InChI=1S/C23H21FN2O4/c1-13-4-9-18(11-20(13)24)26-14(2)10-19(15(26)3)21(27)12-30-23(29)17-7-5-16(6-8-17)22(25)28/h4-11H,12H2,1-3H3,(H2,25,28). The van der Waals surface area contributed by atoms with Crippen LogP contribution in [0.3, 0.4) is 0 Å². The predicted octanol–water partition coefficient (Wildman–Crippen LogP) is 3.68. The van der Waals surface area contributed by atoms with Crippen molar-refractivity contribution in [2.75, 3.05) is 6.61 Å². The van der Waals surface area contributed by atoms with Crippen molar-refractivity contribution >= 4 is 17.7 Å². The second kappa shape index (κ2) is 8.32. The van der Waals surface area contributed by atoms with Crippen molar-refractivity contribution in [1.29, 1.82) is 0 Å². The molecule has 0 bridgehead atoms. The summed E-state index contributed by atoms with van der Waals surface area (Å²) in [6.45, 7) is 4.80. The molecule has 0 spiro atoms. The molecule has 3 aromatic rings. The van der Waals surface area contributed by atoms with Crippen LogP contribution in [0.15, 0.2) is 48.5 Å². The number of Topliss-reactive ketones (excluding diaryl/α,β-unsaturated/α-hetero) is 1. The number of primary amides is 1. The van der Waals surface area contributed by atoms with Crippen LogP contribution in [0, 0.1) is 26.6 Å². The largest absolute Gasteiger partial charge is 0.454 e. The van der Waals surface area contributed by atoms with Crippen molar-refractivity contribution in [2.24, 2.45) is 5.73 Å². The van der Waals surface area contributed by atoms with Crippen molar-refractivity contribution in [2.45, 2.75) is 20.8 Å². The lowest BCUT2D eigenvalue weighted by Gasteiger charge is -2.11. The van der Waals surface area contributed by atoms with Gasteiger partial charge in [0.15, 0.2) is 6.61 Å². The van der Waals surface area contributed by atoms with Crippen LogP contribution in [-0.4, -0.2) is 28.8 Å². The summed E-state index contributed by atoms with van der Waals surface area (Å²) in [5.41, 5.74) is 8.56. The molecule has 0 aliphatic heterocycles. The summed E-state index contributed by atoms with van der Waals surface area (Å²) in [7, 11) is 0. The molecule has 0 fully saturated rings. The third-order valence-corrected chi connectivity index (χ3v) is 4.88. The zero-order chi connectivity index (χ0) is 22.0. The SMILES string of the molecule is Cc1ccc(-n2c(C)cc(C(=O)COC(=O)c3ccc(C(N)=O)cc3)c2C)cc1F. The van der Waals surface area contributed by atoms with Gasteiger partial charge in [0, 0.05) is 28.2 Å². The molecular weight excluding hydrogens is 387 g/mol. The van der Waals surface area contributed by atoms with E-state index >= 15 is 0 Å². The van der Waals surface area contributed by atoms with Gasteiger partial charge in [0.05, 0.1) is 5.56 Å². The Morgan fingerprint density at radius 3 is 2.20 bits per heavy atom. The summed E-state index contributed by atoms with van der Waals surface area (Å²) < 4.78 is 20.9. The number of hydrogen-bond donors (Lipinski definition) is 1. The van der Waals surface area contributed by atoms with E-state index in [-0.39, 0.29) is 22.7 Å². The van der Waals surface area contributed by atoms with Crippen LogP contribution in [0.2, 0.25) is 0 Å². The third kappa shape index (κ3) is 4.15. The topological polar surface area (TPSA) is 91.4 Å². The molecule has 1 heterocycles. The van der Waals surface area contributed by atoms with Gasteiger partial charge in [-0.15, -0.1) is 0 Å². The average Bonchev–Trinajstić information content (AvgIpc) is 3.02. The minimum absolute atomic E-state index is 0.202. The minimum Gasteiger partial charge on any atom is -0.454 e. The highest BCUT2D eigenvalue weighted by atomic mass is 19.1. The van der Waals surface area contributed by atoms with Crippen LogP contribution in [-0.2, 0) is 4.74 Å². The Kier molecular flexibility index (Phi) is 5.82. The summed E-state index contributed by atoms with van der Waals surface area (Å²) in [6, 6.07) is 12.2. The van der Waals surface area contributed by atoms with Crippen LogP contribution in [0.25, 0.3) is 5.69 Å². The summed E-state index contributed by atoms with van der Waals surface area (Å²) in [4.78, 5) is 35.9. The van der Waals surface area contributed by atoms with Gasteiger partial charge in [0.2, 0.25) is 11.7 Å². The average molecular weight is 408 g/mol. The molecule has 0 aliphatic rings. The maximum atomic E-state index is 14.0. The lowest BCUT2D eigenvalue weighted by atomic mass is 10.1. The van der Waals surface area contributed by atoms with Gasteiger partial charge in [0.25, 0.3) is 0 Å². The fraction of sp³-hybridized carbons (Fsp3) is 0.174. The number of carbonyl (C=O) groups is 3. The number of amides is 1. The highest BCUT2D eigenvalue weighted by molar-refractivity contribution is 6.01. The molecule has 1 amide bonds. The fourth-order valence-corrected chi connectivity index (χ4v) is 3.23. The number of aryl methyl sites for hydroxylation is 2. The van der Waals surface area contributed by atoms with Crippen LogP contribution in [0.1, 0.15) is 48.0 Å². The van der Waals surface area contributed by atoms with Crippen molar-refractivity contribution in [3.05, 3.63) is 88.0 Å². The normalized spacial score (nSPS) is 10.7. The molecule has 0 aliphatic carbocycles. The molecule has 154 valence electrons. The number of aromatic nitrogens is 1. The van der Waals surface area contributed by atoms with E-state index < -0.39 is 18.5 Å². The molecule has 2 aromatic carbocycles. The maximum absolute atomic E-state index is 14.0. The summed E-state index contributed by atoms with van der Waals surface area (Å²) in [5, 5.41) is 0. The van der Waals surface area contributed by atoms with E-state index in [4.69, 9.17) is 10.5 Å². The second-order valence-electron chi connectivity index (χ2n) is 6.99. The zero-order valence-corrected chi connectivity index (χ0v) is 16.9. The number of rotatable bonds is 6. The Hall–Kier alpha value is -3.74. The van der Waals surface area contributed by atoms with Crippen molar-refractivity contribution in [3.8, 4) is 5.69 Å². The monoisotopic (exact) mass is 408 g/mol. The summed E-state index contributed by atoms with van der Waals surface area (Å²) in [5.74, 6) is -1.99. The second-order valence-corrected chi connectivity index (χ2v) is 6.99. The molecule has 6 nitrogen and oxygen atoms in total. The Balaban J connectivity index is 1.75. The highest BCUT2D eigenvalue weighted by Gasteiger charge is 2.19. The quantitative estimate of drug-likeness (QED) is 0.498. The Labute approximate surface area is 173 Å². The number of ketones is 1. The first-order valence-corrected chi connectivity index (χ1v) is 9.24. The van der Waals surface area contributed by atoms with Crippen LogP contribution >= 0.6 is 0 Å². The summed E-state index contributed by atoms with van der Waals surface area (Å²) >= 11 is 0. The first-order valence-electron chi connectivity index (χ1n) is 9.24. The van der Waals surface area contributed by atoms with Gasteiger partial charge in [0.1, 0.15) is 5.82 Å². The Bertz CT molecular complexity index is 1150. The van der Waals surface area contributed by atoms with Gasteiger partial charge in [-0.25, -0.2) is 9.18 Å². The number of nitrogens with zero attached hydrogens (tertiary/aromatic N) is 1. The molecule has 0 atom stereocenters. The number of carbonyl (C=O) groups excluding carboxylic acids is 3. The highest BCUT2D eigenvalue weighted by Crippen LogP contribution is 2.23. The lowest BCUT2D eigenvalue weighted by Crippen LogP contribution is -2.15. The van der Waals surface area contributed by atoms with Crippen LogP contribution in [0.5, 0.6) is 0 Å². The number of esters is 1. The van der Waals surface area contributed by atoms with E-state index in [0.717, 1.165) is 5.69 Å². The van der Waals surface area contributed by atoms with Gasteiger partial charge in [-0.05, 0) is 68.8 Å². The summed E-state index contributed by atoms with van der Waals surface area (Å²) in [6.07, 6.45) is 0. The maximum Gasteiger partial charge on any atom is 0.338 e. The van der Waals surface area contributed by atoms with E-state index in [2.05, 4.69) is 0 Å². The van der Waals surface area contributed by atoms with E-state index in [1.54, 1.807) is 36.6 Å². The van der Waals surface area contributed by atoms with E-state index in [0.29, 0.717) is 22.5 Å². The smallest absolute Gasteiger partial charge is 0.338 e. The molecular formula is C23H21FN2O4. The van der Waals surface area contributed by atoms with Crippen molar-refractivity contribution in [1.82, 2.24) is 4.57 Å². The van der Waals surface area contributed by atoms with Crippen molar-refractivity contribution < 1.29 is 23.5 Å². The lowest BCUT2D eigenvalue weighted by molar-refractivity contribution is 0.0474. The van der Waals surface area contributed by atoms with Gasteiger partial charge in [-0.3, -0.25) is 9.59 Å². The Morgan fingerprint density at radius 1 is 0.967 bits per heavy atom. The predicted molar refractivity (Wildman–Crippen MR) is 110 cm³/mol. The molecule has 0 saturated heterocycles. The first kappa shape index (κ1) is 21.0. The van der Waals surface area contributed by atoms with Crippen LogP contribution < -0.4 is 5.73 Å². The molecule has 0 saturated carbocycles. The Morgan fingerprint density at radius 2 is 1.60 bits per heavy atom. The number of benzene rings is 2. The molecule has 30 heavy (non-hydrogen) atoms. The molecule has 1 aromatic heterocycles. The minimum atomic E-state index is -0.686. The molecule has 0 unspecified atom stereocenters. The number of nitrogens with two attached hydrogens (primary N) is 1. The third-order valence-electron chi connectivity index (χ3n) is 4.88. The van der Waals surface area contributed by atoms with Gasteiger partial charge in [-0.2, -0.15) is 0 Å². The first-order chi connectivity index (χ1) is 14.2. The van der Waals surface area contributed by atoms with Gasteiger partial charge < -0.3 is 15.0 Å². The van der Waals surface area contributed by atoms with Gasteiger partial charge in [-0.1, -0.05) is 6.07 Å². The zero-order valence-electron chi connectivity index (χ0n) is 16.9. The van der Waals surface area contributed by atoms with Crippen molar-refractivity contribution in [3.63, 3.8) is 0 Å². The van der Waals surface area contributed by atoms with E-state index in [9.17, 15) is 18.8 Å².